The molecule has 1 saturated carbocycles. The SMILES string of the molecule is CCCC1(CNC(=O)NOCC(=O)O)CC1. The van der Waals surface area contributed by atoms with Gasteiger partial charge >= 0.3 is 12.0 Å². The van der Waals surface area contributed by atoms with E-state index in [4.69, 9.17) is 5.11 Å². The molecule has 0 aromatic heterocycles. The number of hydrogen-bond acceptors (Lipinski definition) is 3. The van der Waals surface area contributed by atoms with Crippen LogP contribution in [0.1, 0.15) is 32.6 Å². The van der Waals surface area contributed by atoms with Gasteiger partial charge in [-0.05, 0) is 24.7 Å². The number of urea groups is 1. The van der Waals surface area contributed by atoms with Crippen molar-refractivity contribution in [3.8, 4) is 0 Å². The fourth-order valence-corrected chi connectivity index (χ4v) is 1.69. The Balaban J connectivity index is 2.08. The Morgan fingerprint density at radius 2 is 2.12 bits per heavy atom. The topological polar surface area (TPSA) is 87.7 Å². The molecule has 1 rings (SSSR count). The smallest absolute Gasteiger partial charge is 0.338 e. The number of carboxylic acid groups (broad SMARTS) is 1. The summed E-state index contributed by atoms with van der Waals surface area (Å²) >= 11 is 0. The predicted octanol–water partition coefficient (Wildman–Crippen LogP) is 0.882. The first kappa shape index (κ1) is 12.8. The number of amides is 2. The normalized spacial score (nSPS) is 16.6. The summed E-state index contributed by atoms with van der Waals surface area (Å²) in [5.41, 5.74) is 2.30. The summed E-state index contributed by atoms with van der Waals surface area (Å²) in [6, 6.07) is -0.483. The van der Waals surface area contributed by atoms with Gasteiger partial charge in [-0.1, -0.05) is 13.3 Å². The van der Waals surface area contributed by atoms with Crippen LogP contribution in [-0.4, -0.2) is 30.3 Å². The Labute approximate surface area is 94.3 Å². The monoisotopic (exact) mass is 230 g/mol. The van der Waals surface area contributed by atoms with Crippen molar-refractivity contribution >= 4 is 12.0 Å². The Bertz CT molecular complexity index is 264. The van der Waals surface area contributed by atoms with Gasteiger partial charge in [-0.15, -0.1) is 0 Å². The zero-order valence-corrected chi connectivity index (χ0v) is 9.41. The number of aliphatic carboxylic acids is 1. The number of nitrogens with one attached hydrogen (secondary N) is 2. The molecular weight excluding hydrogens is 212 g/mol. The average molecular weight is 230 g/mol. The second kappa shape index (κ2) is 5.69. The molecule has 0 saturated heterocycles. The number of hydroxylamine groups is 1. The van der Waals surface area contributed by atoms with Gasteiger partial charge in [0.25, 0.3) is 0 Å². The van der Waals surface area contributed by atoms with Crippen molar-refractivity contribution < 1.29 is 19.5 Å². The van der Waals surface area contributed by atoms with Gasteiger partial charge in [0.1, 0.15) is 0 Å². The van der Waals surface area contributed by atoms with E-state index in [0.29, 0.717) is 6.54 Å². The highest BCUT2D eigenvalue weighted by Crippen LogP contribution is 2.48. The Hall–Kier alpha value is -1.30. The van der Waals surface area contributed by atoms with Crippen LogP contribution in [-0.2, 0) is 9.63 Å². The van der Waals surface area contributed by atoms with Crippen molar-refractivity contribution in [2.45, 2.75) is 32.6 Å². The van der Waals surface area contributed by atoms with Gasteiger partial charge in [0.2, 0.25) is 0 Å². The molecule has 0 radical (unpaired) electrons. The minimum Gasteiger partial charge on any atom is -0.479 e. The molecular formula is C10H18N2O4. The molecule has 2 amide bonds. The molecule has 0 atom stereocenters. The standard InChI is InChI=1S/C10H18N2O4/c1-2-3-10(4-5-10)7-11-9(15)12-16-6-8(13)14/h2-7H2,1H3,(H,13,14)(H2,11,12,15). The van der Waals surface area contributed by atoms with Crippen LogP contribution in [0, 0.1) is 5.41 Å². The minimum atomic E-state index is -1.12. The first-order chi connectivity index (χ1) is 7.58. The van der Waals surface area contributed by atoms with E-state index in [1.165, 1.54) is 0 Å². The number of carboxylic acids is 1. The lowest BCUT2D eigenvalue weighted by Gasteiger charge is -2.14. The molecule has 1 fully saturated rings. The average Bonchev–Trinajstić information content (AvgIpc) is 2.96. The van der Waals surface area contributed by atoms with E-state index in [2.05, 4.69) is 17.1 Å². The highest BCUT2D eigenvalue weighted by atomic mass is 16.7. The molecule has 1 aliphatic rings. The zero-order valence-electron chi connectivity index (χ0n) is 9.41. The van der Waals surface area contributed by atoms with Gasteiger partial charge < -0.3 is 10.4 Å². The third kappa shape index (κ3) is 4.48. The van der Waals surface area contributed by atoms with E-state index < -0.39 is 18.6 Å². The van der Waals surface area contributed by atoms with Gasteiger partial charge in [-0.25, -0.2) is 15.1 Å². The number of rotatable bonds is 7. The van der Waals surface area contributed by atoms with E-state index in [9.17, 15) is 9.59 Å². The highest BCUT2D eigenvalue weighted by Gasteiger charge is 2.41. The summed E-state index contributed by atoms with van der Waals surface area (Å²) < 4.78 is 0. The second-order valence-electron chi connectivity index (χ2n) is 4.22. The first-order valence-corrected chi connectivity index (χ1v) is 5.45. The highest BCUT2D eigenvalue weighted by molar-refractivity contribution is 5.73. The molecule has 0 spiro atoms. The Kier molecular flexibility index (Phi) is 4.54. The summed E-state index contributed by atoms with van der Waals surface area (Å²) in [5.74, 6) is -1.12. The van der Waals surface area contributed by atoms with Gasteiger partial charge in [-0.2, -0.15) is 0 Å². The maximum absolute atomic E-state index is 11.2. The third-order valence-corrected chi connectivity index (χ3v) is 2.72. The summed E-state index contributed by atoms with van der Waals surface area (Å²) in [6.07, 6.45) is 4.52. The molecule has 1 aliphatic carbocycles. The largest absolute Gasteiger partial charge is 0.479 e. The van der Waals surface area contributed by atoms with Gasteiger partial charge in [0.05, 0.1) is 0 Å². The van der Waals surface area contributed by atoms with E-state index >= 15 is 0 Å². The number of carbonyl (C=O) groups excluding carboxylic acids is 1. The summed E-state index contributed by atoms with van der Waals surface area (Å²) in [5, 5.41) is 10.9. The van der Waals surface area contributed by atoms with E-state index in [1.807, 2.05) is 5.48 Å². The molecule has 3 N–H and O–H groups in total. The lowest BCUT2D eigenvalue weighted by Crippen LogP contribution is -2.39. The fraction of sp³-hybridized carbons (Fsp3) is 0.800. The lowest BCUT2D eigenvalue weighted by molar-refractivity contribution is -0.144. The van der Waals surface area contributed by atoms with Crippen LogP contribution < -0.4 is 10.8 Å². The van der Waals surface area contributed by atoms with Crippen molar-refractivity contribution in [1.82, 2.24) is 10.8 Å². The minimum absolute atomic E-state index is 0.277. The van der Waals surface area contributed by atoms with Crippen LogP contribution >= 0.6 is 0 Å². The first-order valence-electron chi connectivity index (χ1n) is 5.45. The summed E-state index contributed by atoms with van der Waals surface area (Å²) in [6.45, 7) is 2.22. The molecule has 0 unspecified atom stereocenters. The van der Waals surface area contributed by atoms with Crippen LogP contribution in [0.2, 0.25) is 0 Å². The summed E-state index contributed by atoms with van der Waals surface area (Å²) in [7, 11) is 0. The van der Waals surface area contributed by atoms with Crippen LogP contribution in [0.25, 0.3) is 0 Å². The molecule has 0 aliphatic heterocycles. The molecule has 6 nitrogen and oxygen atoms in total. The van der Waals surface area contributed by atoms with Gasteiger partial charge in [0, 0.05) is 6.54 Å². The van der Waals surface area contributed by atoms with Crippen LogP contribution in [0.5, 0.6) is 0 Å². The quantitative estimate of drug-likeness (QED) is 0.566. The van der Waals surface area contributed by atoms with E-state index in [0.717, 1.165) is 25.7 Å². The molecule has 6 heteroatoms. The number of hydrogen-bond donors (Lipinski definition) is 3. The third-order valence-electron chi connectivity index (χ3n) is 2.72. The Morgan fingerprint density at radius 1 is 1.44 bits per heavy atom. The van der Waals surface area contributed by atoms with Crippen molar-refractivity contribution in [3.05, 3.63) is 0 Å². The Morgan fingerprint density at radius 3 is 2.62 bits per heavy atom. The molecule has 16 heavy (non-hydrogen) atoms. The molecule has 0 aromatic rings. The van der Waals surface area contributed by atoms with Crippen LogP contribution in [0.4, 0.5) is 4.79 Å². The van der Waals surface area contributed by atoms with Crippen molar-refractivity contribution in [2.24, 2.45) is 5.41 Å². The maximum Gasteiger partial charge on any atom is 0.338 e. The van der Waals surface area contributed by atoms with E-state index in [-0.39, 0.29) is 5.41 Å². The fourth-order valence-electron chi connectivity index (χ4n) is 1.69. The summed E-state index contributed by atoms with van der Waals surface area (Å²) in [4.78, 5) is 25.7. The van der Waals surface area contributed by atoms with Crippen molar-refractivity contribution in [2.75, 3.05) is 13.2 Å². The molecule has 0 heterocycles. The van der Waals surface area contributed by atoms with Crippen molar-refractivity contribution in [1.29, 1.82) is 0 Å². The second-order valence-corrected chi connectivity index (χ2v) is 4.22. The predicted molar refractivity (Wildman–Crippen MR) is 56.7 cm³/mol. The molecule has 92 valence electrons. The molecule has 0 bridgehead atoms. The molecule has 0 aromatic carbocycles. The van der Waals surface area contributed by atoms with Crippen molar-refractivity contribution in [3.63, 3.8) is 0 Å². The van der Waals surface area contributed by atoms with E-state index in [1.54, 1.807) is 0 Å². The van der Waals surface area contributed by atoms with Crippen LogP contribution in [0.15, 0.2) is 0 Å². The lowest BCUT2D eigenvalue weighted by atomic mass is 10.0. The maximum atomic E-state index is 11.2. The van der Waals surface area contributed by atoms with Gasteiger partial charge in [-0.3, -0.25) is 4.84 Å². The van der Waals surface area contributed by atoms with Gasteiger partial charge in [0.15, 0.2) is 6.61 Å². The van der Waals surface area contributed by atoms with Crippen LogP contribution in [0.3, 0.4) is 0 Å². The zero-order chi connectivity index (χ0) is 12.0. The number of carbonyl (C=O) groups is 2.